The van der Waals surface area contributed by atoms with Crippen LogP contribution in [0.25, 0.3) is 0 Å². The molecule has 0 saturated carbocycles. The van der Waals surface area contributed by atoms with E-state index in [9.17, 15) is 4.79 Å². The van der Waals surface area contributed by atoms with Crippen LogP contribution in [0.4, 0.5) is 0 Å². The van der Waals surface area contributed by atoms with Gasteiger partial charge in [-0.25, -0.2) is 0 Å². The van der Waals surface area contributed by atoms with Gasteiger partial charge in [-0.3, -0.25) is 4.79 Å². The van der Waals surface area contributed by atoms with Crippen LogP contribution in [0, 0.1) is 0 Å². The van der Waals surface area contributed by atoms with Gasteiger partial charge in [0, 0.05) is 13.1 Å². The first kappa shape index (κ1) is 12.8. The Labute approximate surface area is 103 Å². The van der Waals surface area contributed by atoms with Crippen molar-refractivity contribution in [1.82, 2.24) is 15.1 Å². The summed E-state index contributed by atoms with van der Waals surface area (Å²) in [7, 11) is 3.83. The van der Waals surface area contributed by atoms with Gasteiger partial charge in [0.2, 0.25) is 5.91 Å². The monoisotopic (exact) mass is 241 g/mol. The number of likely N-dealkylation sites (N-methyl/N-ethyl adjacent to an activating group) is 1. The molecule has 1 amide bonds. The van der Waals surface area contributed by atoms with E-state index in [4.69, 9.17) is 4.74 Å². The molecule has 5 nitrogen and oxygen atoms in total. The molecule has 17 heavy (non-hydrogen) atoms. The zero-order chi connectivity index (χ0) is 12.3. The second-order valence-electron chi connectivity index (χ2n) is 5.24. The molecule has 2 aliphatic heterocycles. The lowest BCUT2D eigenvalue weighted by molar-refractivity contribution is -0.151. The third-order valence-electron chi connectivity index (χ3n) is 3.32. The molecule has 5 heteroatoms. The Kier molecular flexibility index (Phi) is 4.36. The predicted octanol–water partition coefficient (Wildman–Crippen LogP) is -0.473. The first-order valence-corrected chi connectivity index (χ1v) is 6.44. The van der Waals surface area contributed by atoms with E-state index in [1.807, 2.05) is 23.9 Å². The van der Waals surface area contributed by atoms with E-state index in [0.29, 0.717) is 12.6 Å². The smallest absolute Gasteiger partial charge is 0.236 e. The Morgan fingerprint density at radius 1 is 1.29 bits per heavy atom. The topological polar surface area (TPSA) is 44.8 Å². The number of amides is 1. The number of rotatable bonds is 4. The highest BCUT2D eigenvalue weighted by Crippen LogP contribution is 2.17. The van der Waals surface area contributed by atoms with E-state index in [2.05, 4.69) is 5.32 Å². The molecule has 0 aromatic rings. The van der Waals surface area contributed by atoms with Crippen LogP contribution in [-0.4, -0.2) is 74.7 Å². The number of hydrogen-bond acceptors (Lipinski definition) is 4. The van der Waals surface area contributed by atoms with Crippen LogP contribution in [0.5, 0.6) is 0 Å². The molecule has 0 spiro atoms. The second-order valence-corrected chi connectivity index (χ2v) is 5.24. The van der Waals surface area contributed by atoms with Crippen LogP contribution in [-0.2, 0) is 9.53 Å². The average molecular weight is 241 g/mol. The predicted molar refractivity (Wildman–Crippen MR) is 65.9 cm³/mol. The van der Waals surface area contributed by atoms with Crippen molar-refractivity contribution in [2.75, 3.05) is 46.8 Å². The molecule has 0 aliphatic carbocycles. The first-order chi connectivity index (χ1) is 8.15. The fraction of sp³-hybridized carbons (Fsp3) is 0.917. The second kappa shape index (κ2) is 5.80. The van der Waals surface area contributed by atoms with E-state index in [1.165, 1.54) is 0 Å². The minimum absolute atomic E-state index is 0.208. The van der Waals surface area contributed by atoms with Gasteiger partial charge in [0.1, 0.15) is 0 Å². The summed E-state index contributed by atoms with van der Waals surface area (Å²) in [6, 6.07) is 0. The minimum atomic E-state index is 0.208. The SMILES string of the molecule is CN(C)CC(=O)N1CC(OC2CCNCC2)C1. The highest BCUT2D eigenvalue weighted by molar-refractivity contribution is 5.79. The van der Waals surface area contributed by atoms with Crippen LogP contribution in [0.1, 0.15) is 12.8 Å². The number of carbonyl (C=O) groups is 1. The van der Waals surface area contributed by atoms with Crippen LogP contribution >= 0.6 is 0 Å². The fourth-order valence-corrected chi connectivity index (χ4v) is 2.30. The summed E-state index contributed by atoms with van der Waals surface area (Å²) in [5.74, 6) is 0.208. The van der Waals surface area contributed by atoms with Crippen LogP contribution in [0.3, 0.4) is 0 Å². The standard InChI is InChI=1S/C12H23N3O2/c1-14(2)9-12(16)15-7-11(8-15)17-10-3-5-13-6-4-10/h10-11,13H,3-9H2,1-2H3. The van der Waals surface area contributed by atoms with Gasteiger partial charge in [0.15, 0.2) is 0 Å². The summed E-state index contributed by atoms with van der Waals surface area (Å²) in [4.78, 5) is 15.5. The van der Waals surface area contributed by atoms with Crippen molar-refractivity contribution in [2.24, 2.45) is 0 Å². The van der Waals surface area contributed by atoms with E-state index >= 15 is 0 Å². The maximum Gasteiger partial charge on any atom is 0.236 e. The van der Waals surface area contributed by atoms with E-state index < -0.39 is 0 Å². The molecule has 2 fully saturated rings. The van der Waals surface area contributed by atoms with Crippen molar-refractivity contribution >= 4 is 5.91 Å². The van der Waals surface area contributed by atoms with Gasteiger partial charge in [-0.1, -0.05) is 0 Å². The van der Waals surface area contributed by atoms with Gasteiger partial charge in [0.25, 0.3) is 0 Å². The third-order valence-corrected chi connectivity index (χ3v) is 3.32. The van der Waals surface area contributed by atoms with Crippen molar-refractivity contribution in [3.05, 3.63) is 0 Å². The van der Waals surface area contributed by atoms with Gasteiger partial charge < -0.3 is 19.9 Å². The van der Waals surface area contributed by atoms with Crippen LogP contribution in [0.2, 0.25) is 0 Å². The zero-order valence-electron chi connectivity index (χ0n) is 10.8. The number of carbonyl (C=O) groups excluding carboxylic acids is 1. The lowest BCUT2D eigenvalue weighted by Gasteiger charge is -2.41. The molecule has 0 atom stereocenters. The maximum absolute atomic E-state index is 11.7. The Bertz CT molecular complexity index is 258. The van der Waals surface area contributed by atoms with Crippen molar-refractivity contribution in [2.45, 2.75) is 25.0 Å². The van der Waals surface area contributed by atoms with Crippen LogP contribution < -0.4 is 5.32 Å². The molecule has 2 saturated heterocycles. The fourth-order valence-electron chi connectivity index (χ4n) is 2.30. The summed E-state index contributed by atoms with van der Waals surface area (Å²) in [5.41, 5.74) is 0. The van der Waals surface area contributed by atoms with Gasteiger partial charge >= 0.3 is 0 Å². The average Bonchev–Trinajstić information content (AvgIpc) is 2.23. The molecule has 1 N–H and O–H groups in total. The summed E-state index contributed by atoms with van der Waals surface area (Å²) in [6.45, 7) is 4.16. The molecule has 98 valence electrons. The Morgan fingerprint density at radius 3 is 2.53 bits per heavy atom. The van der Waals surface area contributed by atoms with Crippen molar-refractivity contribution in [3.63, 3.8) is 0 Å². The molecular formula is C12H23N3O2. The maximum atomic E-state index is 11.7. The molecule has 2 heterocycles. The quantitative estimate of drug-likeness (QED) is 0.722. The van der Waals surface area contributed by atoms with Crippen molar-refractivity contribution in [3.8, 4) is 0 Å². The van der Waals surface area contributed by atoms with Crippen molar-refractivity contribution in [1.29, 1.82) is 0 Å². The van der Waals surface area contributed by atoms with Gasteiger partial charge in [-0.05, 0) is 40.0 Å². The lowest BCUT2D eigenvalue weighted by atomic mass is 10.1. The number of nitrogens with one attached hydrogen (secondary N) is 1. The van der Waals surface area contributed by atoms with E-state index in [-0.39, 0.29) is 12.0 Å². The number of likely N-dealkylation sites (tertiary alicyclic amines) is 1. The molecule has 0 bridgehead atoms. The molecular weight excluding hydrogens is 218 g/mol. The van der Waals surface area contributed by atoms with Crippen molar-refractivity contribution < 1.29 is 9.53 Å². The third kappa shape index (κ3) is 3.66. The Balaban J connectivity index is 1.63. The Morgan fingerprint density at radius 2 is 1.94 bits per heavy atom. The highest BCUT2D eigenvalue weighted by Gasteiger charge is 2.33. The number of hydrogen-bond donors (Lipinski definition) is 1. The molecule has 0 radical (unpaired) electrons. The normalized spacial score (nSPS) is 22.9. The molecule has 0 aromatic carbocycles. The summed E-state index contributed by atoms with van der Waals surface area (Å²) >= 11 is 0. The number of ether oxygens (including phenoxy) is 1. The van der Waals surface area contributed by atoms with Gasteiger partial charge in [-0.2, -0.15) is 0 Å². The summed E-state index contributed by atoms with van der Waals surface area (Å²) in [5, 5.41) is 3.32. The van der Waals surface area contributed by atoms with E-state index in [0.717, 1.165) is 39.0 Å². The molecule has 2 rings (SSSR count). The van der Waals surface area contributed by atoms with E-state index in [1.54, 1.807) is 0 Å². The summed E-state index contributed by atoms with van der Waals surface area (Å²) < 4.78 is 5.97. The molecule has 2 aliphatic rings. The lowest BCUT2D eigenvalue weighted by Crippen LogP contribution is -2.57. The highest BCUT2D eigenvalue weighted by atomic mass is 16.5. The Hall–Kier alpha value is -0.650. The van der Waals surface area contributed by atoms with Gasteiger partial charge in [0.05, 0.1) is 18.8 Å². The molecule has 0 unspecified atom stereocenters. The summed E-state index contributed by atoms with van der Waals surface area (Å²) in [6.07, 6.45) is 2.86. The first-order valence-electron chi connectivity index (χ1n) is 6.44. The minimum Gasteiger partial charge on any atom is -0.371 e. The van der Waals surface area contributed by atoms with Gasteiger partial charge in [-0.15, -0.1) is 0 Å². The largest absolute Gasteiger partial charge is 0.371 e. The number of nitrogens with zero attached hydrogens (tertiary/aromatic N) is 2. The zero-order valence-corrected chi connectivity index (χ0v) is 10.8. The molecule has 0 aromatic heterocycles. The number of piperidine rings is 1. The van der Waals surface area contributed by atoms with Crippen LogP contribution in [0.15, 0.2) is 0 Å².